The van der Waals surface area contributed by atoms with Crippen LogP contribution >= 0.6 is 0 Å². The van der Waals surface area contributed by atoms with E-state index in [-0.39, 0.29) is 11.9 Å². The molecule has 0 radical (unpaired) electrons. The fourth-order valence-corrected chi connectivity index (χ4v) is 3.83. The molecule has 1 atom stereocenters. The van der Waals surface area contributed by atoms with Gasteiger partial charge in [0.2, 0.25) is 0 Å². The third-order valence-electron chi connectivity index (χ3n) is 5.51. The van der Waals surface area contributed by atoms with E-state index in [4.69, 9.17) is 5.26 Å². The summed E-state index contributed by atoms with van der Waals surface area (Å²) in [5.41, 5.74) is 4.52. The Morgan fingerprint density at radius 3 is 2.28 bits per heavy atom. The van der Waals surface area contributed by atoms with E-state index in [0.717, 1.165) is 11.1 Å². The largest absolute Gasteiger partial charge is 0.326 e. The molecule has 0 spiro atoms. The minimum absolute atomic E-state index is 0.299. The predicted molar refractivity (Wildman–Crippen MR) is 124 cm³/mol. The summed E-state index contributed by atoms with van der Waals surface area (Å²) in [7, 11) is 0. The maximum Gasteiger partial charge on any atom is 0.326 e. The Morgan fingerprint density at radius 2 is 1.62 bits per heavy atom. The van der Waals surface area contributed by atoms with Crippen LogP contribution in [0.2, 0.25) is 0 Å². The molecule has 1 aliphatic heterocycles. The van der Waals surface area contributed by atoms with Gasteiger partial charge < -0.3 is 10.6 Å². The molecule has 32 heavy (non-hydrogen) atoms. The van der Waals surface area contributed by atoms with Gasteiger partial charge in [-0.3, -0.25) is 9.69 Å². The highest BCUT2D eigenvalue weighted by Gasteiger charge is 2.36. The molecular formula is C26H22N4O2. The van der Waals surface area contributed by atoms with Crippen LogP contribution in [0.4, 0.5) is 16.2 Å². The van der Waals surface area contributed by atoms with Crippen molar-refractivity contribution >= 4 is 23.3 Å². The van der Waals surface area contributed by atoms with Gasteiger partial charge in [0.1, 0.15) is 0 Å². The number of nitrogens with one attached hydrogen (secondary N) is 2. The number of para-hydroxylation sites is 2. The molecule has 4 rings (SSSR count). The lowest BCUT2D eigenvalue weighted by molar-refractivity contribution is -0.113. The zero-order valence-corrected chi connectivity index (χ0v) is 17.8. The molecule has 0 aromatic heterocycles. The monoisotopic (exact) mass is 422 g/mol. The molecule has 6 nitrogen and oxygen atoms in total. The second kappa shape index (κ2) is 8.78. The first-order chi connectivity index (χ1) is 15.5. The molecule has 0 unspecified atom stereocenters. The Kier molecular flexibility index (Phi) is 5.73. The maximum absolute atomic E-state index is 13.5. The Hall–Kier alpha value is -4.37. The van der Waals surface area contributed by atoms with Gasteiger partial charge in [-0.1, -0.05) is 48.5 Å². The molecule has 0 saturated carbocycles. The van der Waals surface area contributed by atoms with E-state index in [0.29, 0.717) is 28.2 Å². The Balaban J connectivity index is 1.81. The van der Waals surface area contributed by atoms with Gasteiger partial charge in [-0.15, -0.1) is 0 Å². The molecule has 3 amide bonds. The van der Waals surface area contributed by atoms with Crippen LogP contribution < -0.4 is 15.5 Å². The van der Waals surface area contributed by atoms with Gasteiger partial charge in [0.15, 0.2) is 0 Å². The molecule has 6 heteroatoms. The molecule has 0 aliphatic carbocycles. The van der Waals surface area contributed by atoms with Gasteiger partial charge in [-0.2, -0.15) is 5.26 Å². The quantitative estimate of drug-likeness (QED) is 0.617. The Labute approximate surface area is 186 Å². The molecule has 0 saturated heterocycles. The zero-order chi connectivity index (χ0) is 22.7. The number of hydrogen-bond donors (Lipinski definition) is 2. The summed E-state index contributed by atoms with van der Waals surface area (Å²) < 4.78 is 0. The number of aryl methyl sites for hydroxylation is 1. The number of nitriles is 1. The minimum Gasteiger partial charge on any atom is -0.326 e. The summed E-state index contributed by atoms with van der Waals surface area (Å²) in [6.07, 6.45) is 0. The third kappa shape index (κ3) is 3.96. The van der Waals surface area contributed by atoms with Crippen LogP contribution in [0.3, 0.4) is 0 Å². The molecule has 1 heterocycles. The van der Waals surface area contributed by atoms with Crippen molar-refractivity contribution in [1.82, 2.24) is 5.32 Å². The molecule has 158 valence electrons. The van der Waals surface area contributed by atoms with Crippen molar-refractivity contribution in [3.05, 3.63) is 107 Å². The van der Waals surface area contributed by atoms with Crippen LogP contribution in [0.15, 0.2) is 90.1 Å². The second-order valence-electron chi connectivity index (χ2n) is 7.56. The first kappa shape index (κ1) is 20.9. The van der Waals surface area contributed by atoms with Gasteiger partial charge in [0.05, 0.1) is 28.9 Å². The number of amides is 3. The number of rotatable bonds is 4. The normalized spacial score (nSPS) is 15.7. The van der Waals surface area contributed by atoms with Crippen LogP contribution in [-0.4, -0.2) is 11.9 Å². The van der Waals surface area contributed by atoms with Crippen molar-refractivity contribution in [2.24, 2.45) is 0 Å². The number of benzene rings is 3. The predicted octanol–water partition coefficient (Wildman–Crippen LogP) is 5.05. The van der Waals surface area contributed by atoms with Gasteiger partial charge in [-0.05, 0) is 55.3 Å². The van der Waals surface area contributed by atoms with Gasteiger partial charge in [0.25, 0.3) is 5.91 Å². The summed E-state index contributed by atoms with van der Waals surface area (Å²) >= 11 is 0. The van der Waals surface area contributed by atoms with E-state index in [1.807, 2.05) is 61.5 Å². The number of anilines is 2. The van der Waals surface area contributed by atoms with Gasteiger partial charge >= 0.3 is 6.03 Å². The highest BCUT2D eigenvalue weighted by molar-refractivity contribution is 6.10. The molecule has 0 bridgehead atoms. The SMILES string of the molecule is CC1=C(C(=O)Nc2ccccc2C)[C@H](c2ccc(C#N)cc2)NC(=O)N1c1ccccc1. The summed E-state index contributed by atoms with van der Waals surface area (Å²) in [6.45, 7) is 3.70. The van der Waals surface area contributed by atoms with Crippen LogP contribution in [0, 0.1) is 18.3 Å². The van der Waals surface area contributed by atoms with Crippen molar-refractivity contribution < 1.29 is 9.59 Å². The lowest BCUT2D eigenvalue weighted by Gasteiger charge is -2.35. The minimum atomic E-state index is -0.653. The van der Waals surface area contributed by atoms with E-state index in [1.165, 1.54) is 4.90 Å². The number of urea groups is 1. The van der Waals surface area contributed by atoms with Crippen molar-refractivity contribution in [1.29, 1.82) is 5.26 Å². The lowest BCUT2D eigenvalue weighted by atomic mass is 9.93. The fourth-order valence-electron chi connectivity index (χ4n) is 3.83. The first-order valence-electron chi connectivity index (χ1n) is 10.2. The summed E-state index contributed by atoms with van der Waals surface area (Å²) in [5, 5.41) is 15.1. The van der Waals surface area contributed by atoms with Crippen molar-refractivity contribution in [3.63, 3.8) is 0 Å². The molecular weight excluding hydrogens is 400 g/mol. The summed E-state index contributed by atoms with van der Waals surface area (Å²) in [6, 6.07) is 24.7. The highest BCUT2D eigenvalue weighted by Crippen LogP contribution is 2.34. The molecule has 1 aliphatic rings. The average molecular weight is 422 g/mol. The first-order valence-corrected chi connectivity index (χ1v) is 10.2. The molecule has 3 aromatic carbocycles. The number of carbonyl (C=O) groups excluding carboxylic acids is 2. The fraction of sp³-hybridized carbons (Fsp3) is 0.115. The van der Waals surface area contributed by atoms with Gasteiger partial charge in [0, 0.05) is 11.4 Å². The van der Waals surface area contributed by atoms with E-state index >= 15 is 0 Å². The Morgan fingerprint density at radius 1 is 0.969 bits per heavy atom. The highest BCUT2D eigenvalue weighted by atomic mass is 16.2. The maximum atomic E-state index is 13.5. The number of hydrogen-bond acceptors (Lipinski definition) is 3. The van der Waals surface area contributed by atoms with Gasteiger partial charge in [-0.25, -0.2) is 4.79 Å². The van der Waals surface area contributed by atoms with E-state index in [9.17, 15) is 9.59 Å². The second-order valence-corrected chi connectivity index (χ2v) is 7.56. The van der Waals surface area contributed by atoms with Crippen LogP contribution in [-0.2, 0) is 4.79 Å². The van der Waals surface area contributed by atoms with Crippen molar-refractivity contribution in [2.45, 2.75) is 19.9 Å². The molecule has 3 aromatic rings. The van der Waals surface area contributed by atoms with Crippen molar-refractivity contribution in [2.75, 3.05) is 10.2 Å². The molecule has 0 fully saturated rings. The number of allylic oxidation sites excluding steroid dienone is 1. The van der Waals surface area contributed by atoms with Crippen molar-refractivity contribution in [3.8, 4) is 6.07 Å². The van der Waals surface area contributed by atoms with E-state index in [1.54, 1.807) is 31.2 Å². The Bertz CT molecular complexity index is 1240. The smallest absolute Gasteiger partial charge is 0.326 e. The molecule has 2 N–H and O–H groups in total. The average Bonchev–Trinajstić information content (AvgIpc) is 2.81. The lowest BCUT2D eigenvalue weighted by Crippen LogP contribution is -2.48. The summed E-state index contributed by atoms with van der Waals surface area (Å²) in [5.74, 6) is -0.299. The summed E-state index contributed by atoms with van der Waals surface area (Å²) in [4.78, 5) is 28.1. The van der Waals surface area contributed by atoms with E-state index < -0.39 is 6.04 Å². The third-order valence-corrected chi connectivity index (χ3v) is 5.51. The number of carbonyl (C=O) groups is 2. The standard InChI is InChI=1S/C26H22N4O2/c1-17-8-6-7-11-22(17)28-25(31)23-18(2)30(21-9-4-3-5-10-21)26(32)29-24(23)20-14-12-19(16-27)13-15-20/h3-15,24H,1-2H3,(H,28,31)(H,29,32)/t24-/m0/s1. The van der Waals surface area contributed by atoms with Crippen LogP contribution in [0.5, 0.6) is 0 Å². The number of nitrogens with zero attached hydrogens (tertiary/aromatic N) is 2. The van der Waals surface area contributed by atoms with E-state index in [2.05, 4.69) is 16.7 Å². The van der Waals surface area contributed by atoms with Crippen LogP contribution in [0.25, 0.3) is 0 Å². The zero-order valence-electron chi connectivity index (χ0n) is 17.8. The topological polar surface area (TPSA) is 85.2 Å². The van der Waals surface area contributed by atoms with Crippen LogP contribution in [0.1, 0.15) is 29.7 Å².